The van der Waals surface area contributed by atoms with Crippen LogP contribution in [0, 0.1) is 0 Å². The molecule has 3 N–H and O–H groups in total. The number of nitrogens with one attached hydrogen (secondary N) is 3. The van der Waals surface area contributed by atoms with Crippen molar-refractivity contribution < 1.29 is 4.79 Å². The number of benzene rings is 1. The van der Waals surface area contributed by atoms with Gasteiger partial charge in [-0.2, -0.15) is 0 Å². The number of amides is 2. The van der Waals surface area contributed by atoms with Crippen LogP contribution in [0.25, 0.3) is 0 Å². The summed E-state index contributed by atoms with van der Waals surface area (Å²) in [5.74, 6) is 0. The van der Waals surface area contributed by atoms with Gasteiger partial charge in [0.05, 0.1) is 0 Å². The molecule has 0 spiro atoms. The maximum Gasteiger partial charge on any atom is 0.319 e. The van der Waals surface area contributed by atoms with Gasteiger partial charge in [0.2, 0.25) is 0 Å². The molecule has 1 aromatic rings. The van der Waals surface area contributed by atoms with Gasteiger partial charge in [-0.15, -0.1) is 0 Å². The summed E-state index contributed by atoms with van der Waals surface area (Å²) in [6.45, 7) is 9.32. The Morgan fingerprint density at radius 1 is 1.10 bits per heavy atom. The van der Waals surface area contributed by atoms with Crippen molar-refractivity contribution in [1.82, 2.24) is 10.6 Å². The lowest BCUT2D eigenvalue weighted by molar-refractivity contribution is 0.247. The van der Waals surface area contributed by atoms with Crippen molar-refractivity contribution in [2.24, 2.45) is 0 Å². The van der Waals surface area contributed by atoms with Gasteiger partial charge in [-0.25, -0.2) is 4.79 Å². The van der Waals surface area contributed by atoms with E-state index in [-0.39, 0.29) is 12.1 Å². The van der Waals surface area contributed by atoms with Crippen LogP contribution in [0.15, 0.2) is 24.3 Å². The third kappa shape index (κ3) is 5.21. The van der Waals surface area contributed by atoms with Crippen LogP contribution in [0.2, 0.25) is 0 Å². The third-order valence-electron chi connectivity index (χ3n) is 3.50. The Balaban J connectivity index is 2.54. The quantitative estimate of drug-likeness (QED) is 0.712. The summed E-state index contributed by atoms with van der Waals surface area (Å²) in [6.07, 6.45) is 1.89. The normalized spacial score (nSPS) is 12.2. The fourth-order valence-corrected chi connectivity index (χ4v) is 2.12. The second-order valence-electron chi connectivity index (χ2n) is 5.01. The molecule has 0 aliphatic rings. The molecular formula is C16H27N3O. The monoisotopic (exact) mass is 277 g/mol. The predicted molar refractivity (Wildman–Crippen MR) is 85.1 cm³/mol. The Morgan fingerprint density at radius 2 is 1.70 bits per heavy atom. The van der Waals surface area contributed by atoms with Crippen LogP contribution in [0.3, 0.4) is 0 Å². The summed E-state index contributed by atoms with van der Waals surface area (Å²) in [4.78, 5) is 11.8. The highest BCUT2D eigenvalue weighted by Crippen LogP contribution is 2.15. The van der Waals surface area contributed by atoms with E-state index in [1.807, 2.05) is 24.3 Å². The van der Waals surface area contributed by atoms with E-state index in [9.17, 15) is 4.79 Å². The summed E-state index contributed by atoms with van der Waals surface area (Å²) >= 11 is 0. The van der Waals surface area contributed by atoms with Crippen molar-refractivity contribution in [3.05, 3.63) is 29.8 Å². The van der Waals surface area contributed by atoms with Gasteiger partial charge in [0, 0.05) is 17.8 Å². The molecule has 0 aliphatic heterocycles. The minimum Gasteiger partial charge on any atom is -0.335 e. The number of rotatable bonds is 7. The molecule has 1 rings (SSSR count). The molecule has 4 nitrogen and oxygen atoms in total. The van der Waals surface area contributed by atoms with E-state index >= 15 is 0 Å². The smallest absolute Gasteiger partial charge is 0.319 e. The maximum absolute atomic E-state index is 11.8. The van der Waals surface area contributed by atoms with Crippen LogP contribution in [-0.4, -0.2) is 18.6 Å². The molecular weight excluding hydrogens is 250 g/mol. The van der Waals surface area contributed by atoms with Gasteiger partial charge in [0.1, 0.15) is 0 Å². The first kappa shape index (κ1) is 16.5. The zero-order valence-electron chi connectivity index (χ0n) is 13.0. The van der Waals surface area contributed by atoms with Crippen molar-refractivity contribution in [3.8, 4) is 0 Å². The summed E-state index contributed by atoms with van der Waals surface area (Å²) in [7, 11) is 0. The first-order chi connectivity index (χ1) is 9.60. The Morgan fingerprint density at radius 3 is 2.20 bits per heavy atom. The average Bonchev–Trinajstić information content (AvgIpc) is 2.45. The molecule has 0 radical (unpaired) electrons. The highest BCUT2D eigenvalue weighted by Gasteiger charge is 2.08. The van der Waals surface area contributed by atoms with Crippen molar-refractivity contribution in [1.29, 1.82) is 0 Å². The molecule has 20 heavy (non-hydrogen) atoms. The van der Waals surface area contributed by atoms with Crippen LogP contribution < -0.4 is 16.0 Å². The number of hydrogen-bond acceptors (Lipinski definition) is 2. The summed E-state index contributed by atoms with van der Waals surface area (Å²) in [5, 5.41) is 9.19. The van der Waals surface area contributed by atoms with Gasteiger partial charge in [-0.3, -0.25) is 0 Å². The number of carbonyl (C=O) groups excluding carboxylic acids is 1. The fourth-order valence-electron chi connectivity index (χ4n) is 2.12. The molecule has 0 aromatic heterocycles. The van der Waals surface area contributed by atoms with Crippen molar-refractivity contribution >= 4 is 11.7 Å². The lowest BCUT2D eigenvalue weighted by Gasteiger charge is -2.16. The second kappa shape index (κ2) is 8.59. The number of urea groups is 1. The first-order valence-corrected chi connectivity index (χ1v) is 7.51. The van der Waals surface area contributed by atoms with Crippen LogP contribution in [0.4, 0.5) is 10.5 Å². The number of carbonyl (C=O) groups is 1. The lowest BCUT2D eigenvalue weighted by Crippen LogP contribution is -2.37. The second-order valence-corrected chi connectivity index (χ2v) is 5.01. The molecule has 2 amide bonds. The summed E-state index contributed by atoms with van der Waals surface area (Å²) < 4.78 is 0. The molecule has 4 heteroatoms. The average molecular weight is 277 g/mol. The lowest BCUT2D eigenvalue weighted by atomic mass is 10.1. The Bertz CT molecular complexity index is 399. The Hall–Kier alpha value is -1.55. The molecule has 1 atom stereocenters. The van der Waals surface area contributed by atoms with Crippen LogP contribution >= 0.6 is 0 Å². The topological polar surface area (TPSA) is 53.2 Å². The SMILES string of the molecule is CCNC(C)c1ccc(NC(=O)NC(CC)CC)cc1. The van der Waals surface area contributed by atoms with Gasteiger partial charge in [0.25, 0.3) is 0 Å². The van der Waals surface area contributed by atoms with Gasteiger partial charge < -0.3 is 16.0 Å². The molecule has 0 fully saturated rings. The van der Waals surface area contributed by atoms with Gasteiger partial charge in [-0.05, 0) is 44.0 Å². The third-order valence-corrected chi connectivity index (χ3v) is 3.50. The molecule has 0 saturated heterocycles. The Kier molecular flexibility index (Phi) is 7.09. The van der Waals surface area contributed by atoms with Crippen LogP contribution in [-0.2, 0) is 0 Å². The molecule has 0 bridgehead atoms. The van der Waals surface area contributed by atoms with E-state index in [1.165, 1.54) is 5.56 Å². The van der Waals surface area contributed by atoms with Crippen molar-refractivity contribution in [2.45, 2.75) is 52.6 Å². The van der Waals surface area contributed by atoms with Crippen molar-refractivity contribution in [3.63, 3.8) is 0 Å². The zero-order chi connectivity index (χ0) is 15.0. The number of anilines is 1. The van der Waals surface area contributed by atoms with E-state index < -0.39 is 0 Å². The molecule has 112 valence electrons. The fraction of sp³-hybridized carbons (Fsp3) is 0.562. The predicted octanol–water partition coefficient (Wildman–Crippen LogP) is 3.67. The van der Waals surface area contributed by atoms with E-state index in [0.717, 1.165) is 25.1 Å². The summed E-state index contributed by atoms with van der Waals surface area (Å²) in [5.41, 5.74) is 2.04. The number of hydrogen-bond donors (Lipinski definition) is 3. The minimum atomic E-state index is -0.133. The molecule has 0 saturated carbocycles. The first-order valence-electron chi connectivity index (χ1n) is 7.51. The van der Waals surface area contributed by atoms with E-state index in [4.69, 9.17) is 0 Å². The summed E-state index contributed by atoms with van der Waals surface area (Å²) in [6, 6.07) is 8.40. The molecule has 1 unspecified atom stereocenters. The van der Waals surface area contributed by atoms with E-state index in [0.29, 0.717) is 6.04 Å². The van der Waals surface area contributed by atoms with Gasteiger partial charge >= 0.3 is 6.03 Å². The maximum atomic E-state index is 11.8. The Labute approximate surface area is 122 Å². The highest BCUT2D eigenvalue weighted by atomic mass is 16.2. The van der Waals surface area contributed by atoms with Crippen molar-refractivity contribution in [2.75, 3.05) is 11.9 Å². The largest absolute Gasteiger partial charge is 0.335 e. The zero-order valence-corrected chi connectivity index (χ0v) is 13.0. The van der Waals surface area contributed by atoms with E-state index in [2.05, 4.69) is 43.6 Å². The van der Waals surface area contributed by atoms with Crippen LogP contribution in [0.5, 0.6) is 0 Å². The molecule has 0 heterocycles. The minimum absolute atomic E-state index is 0.133. The standard InChI is InChI=1S/C16H27N3O/c1-5-14(6-2)18-16(20)19-15-10-8-13(9-11-15)12(4)17-7-3/h8-12,14,17H,5-7H2,1-4H3,(H2,18,19,20). The van der Waals surface area contributed by atoms with E-state index in [1.54, 1.807) is 0 Å². The van der Waals surface area contributed by atoms with Crippen LogP contribution in [0.1, 0.15) is 52.1 Å². The highest BCUT2D eigenvalue weighted by molar-refractivity contribution is 5.89. The molecule has 1 aromatic carbocycles. The van der Waals surface area contributed by atoms with Gasteiger partial charge in [0.15, 0.2) is 0 Å². The van der Waals surface area contributed by atoms with Gasteiger partial charge in [-0.1, -0.05) is 32.9 Å². The molecule has 0 aliphatic carbocycles.